The van der Waals surface area contributed by atoms with E-state index in [1.807, 2.05) is 11.9 Å². The van der Waals surface area contributed by atoms with Gasteiger partial charge in [-0.05, 0) is 43.5 Å². The van der Waals surface area contributed by atoms with Gasteiger partial charge in [0.1, 0.15) is 0 Å². The monoisotopic (exact) mass is 324 g/mol. The predicted molar refractivity (Wildman–Crippen MR) is 87.1 cm³/mol. The molecule has 0 bridgehead atoms. The Morgan fingerprint density at radius 3 is 2.41 bits per heavy atom. The molecule has 1 atom stereocenters. The van der Waals surface area contributed by atoms with Crippen molar-refractivity contribution in [1.82, 2.24) is 4.90 Å². The van der Waals surface area contributed by atoms with Gasteiger partial charge in [0, 0.05) is 23.8 Å². The summed E-state index contributed by atoms with van der Waals surface area (Å²) in [6.07, 6.45) is 3.37. The third-order valence-electron chi connectivity index (χ3n) is 3.75. The van der Waals surface area contributed by atoms with Crippen LogP contribution in [0, 0.1) is 0 Å². The van der Waals surface area contributed by atoms with Crippen LogP contribution in [0.1, 0.15) is 19.3 Å². The lowest BCUT2D eigenvalue weighted by Crippen LogP contribution is -3.11. The molecule has 2 amide bonds. The molecule has 1 aromatic rings. The maximum Gasteiger partial charge on any atom is 0.279 e. The van der Waals surface area contributed by atoms with Crippen molar-refractivity contribution in [3.8, 4) is 0 Å². The lowest BCUT2D eigenvalue weighted by molar-refractivity contribution is -0.862. The minimum absolute atomic E-state index is 0.105. The highest BCUT2D eigenvalue weighted by Gasteiger charge is 2.21. The fraction of sp³-hybridized carbons (Fsp3) is 0.500. The third-order valence-corrected chi connectivity index (χ3v) is 4.00. The summed E-state index contributed by atoms with van der Waals surface area (Å²) >= 11 is 5.80. The molecule has 0 spiro atoms. The first kappa shape index (κ1) is 16.8. The first-order valence-corrected chi connectivity index (χ1v) is 8.07. The molecular formula is C16H23ClN3O2+. The van der Waals surface area contributed by atoms with Crippen LogP contribution in [0.3, 0.4) is 0 Å². The van der Waals surface area contributed by atoms with Gasteiger partial charge in [-0.2, -0.15) is 0 Å². The maximum atomic E-state index is 12.1. The summed E-state index contributed by atoms with van der Waals surface area (Å²) < 4.78 is 0. The van der Waals surface area contributed by atoms with E-state index >= 15 is 0 Å². The van der Waals surface area contributed by atoms with Gasteiger partial charge in [0.15, 0.2) is 13.1 Å². The fourth-order valence-electron chi connectivity index (χ4n) is 2.59. The maximum absolute atomic E-state index is 12.1. The van der Waals surface area contributed by atoms with Gasteiger partial charge in [-0.3, -0.25) is 9.59 Å². The Bertz CT molecular complexity index is 513. The number of likely N-dealkylation sites (tertiary alicyclic amines) is 1. The number of nitrogens with one attached hydrogen (secondary N) is 2. The molecule has 2 N–H and O–H groups in total. The zero-order valence-corrected chi connectivity index (χ0v) is 13.7. The van der Waals surface area contributed by atoms with Gasteiger partial charge in [0.25, 0.3) is 11.8 Å². The van der Waals surface area contributed by atoms with E-state index in [4.69, 9.17) is 11.6 Å². The number of quaternary nitrogens is 1. The molecule has 0 aliphatic carbocycles. The summed E-state index contributed by atoms with van der Waals surface area (Å²) in [6.45, 7) is 2.32. The lowest BCUT2D eigenvalue weighted by Gasteiger charge is -2.27. The van der Waals surface area contributed by atoms with Crippen molar-refractivity contribution >= 4 is 29.1 Å². The summed E-state index contributed by atoms with van der Waals surface area (Å²) in [7, 11) is 1.86. The number of carbonyl (C=O) groups excluding carboxylic acids is 2. The minimum Gasteiger partial charge on any atom is -0.338 e. The molecule has 5 nitrogen and oxygen atoms in total. The molecule has 1 aliphatic heterocycles. The molecule has 0 saturated carbocycles. The van der Waals surface area contributed by atoms with Crippen LogP contribution in [0.5, 0.6) is 0 Å². The van der Waals surface area contributed by atoms with Crippen LogP contribution < -0.4 is 10.2 Å². The number of carbonyl (C=O) groups is 2. The highest BCUT2D eigenvalue weighted by molar-refractivity contribution is 6.30. The molecule has 1 heterocycles. The summed E-state index contributed by atoms with van der Waals surface area (Å²) in [5.74, 6) is 0.0303. The van der Waals surface area contributed by atoms with Gasteiger partial charge < -0.3 is 15.1 Å². The van der Waals surface area contributed by atoms with Crippen molar-refractivity contribution < 1.29 is 14.5 Å². The topological polar surface area (TPSA) is 53.9 Å². The Labute approximate surface area is 136 Å². The number of hydrogen-bond donors (Lipinski definition) is 2. The second-order valence-electron chi connectivity index (χ2n) is 5.81. The zero-order valence-electron chi connectivity index (χ0n) is 12.9. The smallest absolute Gasteiger partial charge is 0.279 e. The third kappa shape index (κ3) is 5.31. The molecule has 1 aliphatic rings. The quantitative estimate of drug-likeness (QED) is 0.842. The predicted octanol–water partition coefficient (Wildman–Crippen LogP) is 0.806. The number of halogens is 1. The molecule has 120 valence electrons. The number of benzene rings is 1. The molecule has 6 heteroatoms. The van der Waals surface area contributed by atoms with E-state index in [0.717, 1.165) is 30.8 Å². The lowest BCUT2D eigenvalue weighted by atomic mass is 10.1. The van der Waals surface area contributed by atoms with Crippen LogP contribution in [0.2, 0.25) is 5.02 Å². The molecular weight excluding hydrogens is 302 g/mol. The van der Waals surface area contributed by atoms with E-state index < -0.39 is 0 Å². The van der Waals surface area contributed by atoms with Crippen LogP contribution in [0.15, 0.2) is 24.3 Å². The van der Waals surface area contributed by atoms with Crippen molar-refractivity contribution in [2.24, 2.45) is 0 Å². The van der Waals surface area contributed by atoms with Gasteiger partial charge in [-0.1, -0.05) is 11.6 Å². The summed E-state index contributed by atoms with van der Waals surface area (Å²) in [6, 6.07) is 6.98. The van der Waals surface area contributed by atoms with Crippen molar-refractivity contribution in [1.29, 1.82) is 0 Å². The van der Waals surface area contributed by atoms with Crippen LogP contribution >= 0.6 is 11.6 Å². The van der Waals surface area contributed by atoms with Crippen LogP contribution in [-0.2, 0) is 9.59 Å². The molecule has 0 aromatic heterocycles. The number of anilines is 1. The number of likely N-dealkylation sites (N-methyl/N-ethyl adjacent to an activating group) is 1. The normalized spacial score (nSPS) is 16.2. The van der Waals surface area contributed by atoms with E-state index in [-0.39, 0.29) is 18.4 Å². The SMILES string of the molecule is C[NH+](CC(=O)Nc1ccc(Cl)cc1)CC(=O)N1CCCCC1. The molecule has 1 saturated heterocycles. The van der Waals surface area contributed by atoms with Crippen molar-refractivity contribution in [2.75, 3.05) is 38.5 Å². The molecule has 22 heavy (non-hydrogen) atoms. The number of hydrogen-bond acceptors (Lipinski definition) is 2. The van der Waals surface area contributed by atoms with E-state index in [0.29, 0.717) is 17.3 Å². The Kier molecular flexibility index (Phi) is 6.21. The highest BCUT2D eigenvalue weighted by Crippen LogP contribution is 2.12. The Morgan fingerprint density at radius 2 is 1.77 bits per heavy atom. The van der Waals surface area contributed by atoms with Crippen LogP contribution in [0.25, 0.3) is 0 Å². The summed E-state index contributed by atoms with van der Waals surface area (Å²) in [4.78, 5) is 26.9. The summed E-state index contributed by atoms with van der Waals surface area (Å²) in [5, 5.41) is 3.44. The zero-order chi connectivity index (χ0) is 15.9. The van der Waals surface area contributed by atoms with E-state index in [9.17, 15) is 9.59 Å². The van der Waals surface area contributed by atoms with Gasteiger partial charge in [-0.15, -0.1) is 0 Å². The fourth-order valence-corrected chi connectivity index (χ4v) is 2.71. The van der Waals surface area contributed by atoms with Gasteiger partial charge in [0.05, 0.1) is 7.05 Å². The van der Waals surface area contributed by atoms with Crippen LogP contribution in [-0.4, -0.2) is 49.9 Å². The first-order valence-electron chi connectivity index (χ1n) is 7.69. The van der Waals surface area contributed by atoms with E-state index in [2.05, 4.69) is 5.32 Å². The highest BCUT2D eigenvalue weighted by atomic mass is 35.5. The number of amides is 2. The number of nitrogens with zero attached hydrogens (tertiary/aromatic N) is 1. The molecule has 1 fully saturated rings. The van der Waals surface area contributed by atoms with Crippen molar-refractivity contribution in [3.05, 3.63) is 29.3 Å². The van der Waals surface area contributed by atoms with Gasteiger partial charge in [0.2, 0.25) is 0 Å². The van der Waals surface area contributed by atoms with E-state index in [1.165, 1.54) is 6.42 Å². The molecule has 1 aromatic carbocycles. The van der Waals surface area contributed by atoms with Crippen LogP contribution in [0.4, 0.5) is 5.69 Å². The Morgan fingerprint density at radius 1 is 1.14 bits per heavy atom. The average molecular weight is 325 g/mol. The molecule has 2 rings (SSSR count). The van der Waals surface area contributed by atoms with Crippen molar-refractivity contribution in [2.45, 2.75) is 19.3 Å². The Hall–Kier alpha value is -1.59. The summed E-state index contributed by atoms with van der Waals surface area (Å²) in [5.41, 5.74) is 0.713. The average Bonchev–Trinajstić information content (AvgIpc) is 2.50. The number of rotatable bonds is 5. The largest absolute Gasteiger partial charge is 0.338 e. The minimum atomic E-state index is -0.105. The second-order valence-corrected chi connectivity index (χ2v) is 6.24. The number of piperidine rings is 1. The molecule has 1 unspecified atom stereocenters. The van der Waals surface area contributed by atoms with E-state index in [1.54, 1.807) is 24.3 Å². The van der Waals surface area contributed by atoms with Gasteiger partial charge in [-0.25, -0.2) is 0 Å². The van der Waals surface area contributed by atoms with Gasteiger partial charge >= 0.3 is 0 Å². The second kappa shape index (κ2) is 8.15. The Balaban J connectivity index is 1.75. The standard InChI is InChI=1S/C16H22ClN3O2/c1-19(12-16(22)20-9-3-2-4-10-20)11-15(21)18-14-7-5-13(17)6-8-14/h5-8H,2-4,9-12H2,1H3,(H,18,21)/p+1. The molecule has 0 radical (unpaired) electrons. The van der Waals surface area contributed by atoms with Crippen molar-refractivity contribution in [3.63, 3.8) is 0 Å². The first-order chi connectivity index (χ1) is 10.5.